The van der Waals surface area contributed by atoms with Crippen molar-refractivity contribution in [1.82, 2.24) is 9.97 Å². The maximum atomic E-state index is 4.18. The molecule has 0 radical (unpaired) electrons. The van der Waals surface area contributed by atoms with Crippen LogP contribution >= 0.6 is 11.3 Å². The molecule has 5 heteroatoms. The second kappa shape index (κ2) is 5.63. The molecule has 0 amide bonds. The zero-order valence-corrected chi connectivity index (χ0v) is 10.8. The summed E-state index contributed by atoms with van der Waals surface area (Å²) < 4.78 is 0. The Morgan fingerprint density at radius 1 is 1.29 bits per heavy atom. The molecule has 17 heavy (non-hydrogen) atoms. The van der Waals surface area contributed by atoms with E-state index in [0.29, 0.717) is 0 Å². The Morgan fingerprint density at radius 3 is 2.88 bits per heavy atom. The summed E-state index contributed by atoms with van der Waals surface area (Å²) in [5, 5.41) is 8.44. The highest BCUT2D eigenvalue weighted by atomic mass is 32.1. The fourth-order valence-corrected chi connectivity index (χ4v) is 2.51. The smallest absolute Gasteiger partial charge is 0.131 e. The van der Waals surface area contributed by atoms with Crippen molar-refractivity contribution in [2.24, 2.45) is 0 Å². The van der Waals surface area contributed by atoms with Gasteiger partial charge < -0.3 is 10.6 Å². The SMILES string of the molecule is CCc1ccsc1CNc1cc(NC)ncn1. The van der Waals surface area contributed by atoms with Gasteiger partial charge in [0.25, 0.3) is 0 Å². The number of aromatic nitrogens is 2. The number of thiophene rings is 1. The van der Waals surface area contributed by atoms with Gasteiger partial charge in [0.15, 0.2) is 0 Å². The first-order valence-corrected chi connectivity index (χ1v) is 6.50. The molecule has 0 aliphatic rings. The van der Waals surface area contributed by atoms with Gasteiger partial charge in [-0.25, -0.2) is 9.97 Å². The van der Waals surface area contributed by atoms with Gasteiger partial charge in [-0.3, -0.25) is 0 Å². The van der Waals surface area contributed by atoms with Crippen LogP contribution in [-0.4, -0.2) is 17.0 Å². The summed E-state index contributed by atoms with van der Waals surface area (Å²) in [6.07, 6.45) is 2.63. The van der Waals surface area contributed by atoms with Crippen LogP contribution in [-0.2, 0) is 13.0 Å². The van der Waals surface area contributed by atoms with Crippen molar-refractivity contribution < 1.29 is 0 Å². The fraction of sp³-hybridized carbons (Fsp3) is 0.333. The van der Waals surface area contributed by atoms with E-state index >= 15 is 0 Å². The van der Waals surface area contributed by atoms with E-state index in [1.807, 2.05) is 13.1 Å². The molecule has 2 rings (SSSR count). The number of anilines is 2. The van der Waals surface area contributed by atoms with Crippen LogP contribution in [0.2, 0.25) is 0 Å². The molecule has 2 N–H and O–H groups in total. The van der Waals surface area contributed by atoms with E-state index < -0.39 is 0 Å². The Hall–Kier alpha value is -1.62. The summed E-state index contributed by atoms with van der Waals surface area (Å²) >= 11 is 1.78. The molecular formula is C12H16N4S. The molecule has 2 heterocycles. The molecule has 0 unspecified atom stereocenters. The molecular weight excluding hydrogens is 232 g/mol. The molecule has 0 atom stereocenters. The van der Waals surface area contributed by atoms with Crippen LogP contribution in [0.25, 0.3) is 0 Å². The van der Waals surface area contributed by atoms with E-state index in [-0.39, 0.29) is 0 Å². The lowest BCUT2D eigenvalue weighted by atomic mass is 10.2. The van der Waals surface area contributed by atoms with Gasteiger partial charge in [-0.2, -0.15) is 0 Å². The molecule has 0 spiro atoms. The van der Waals surface area contributed by atoms with Gasteiger partial charge in [-0.1, -0.05) is 6.92 Å². The predicted octanol–water partition coefficient (Wildman–Crippen LogP) is 2.75. The van der Waals surface area contributed by atoms with Gasteiger partial charge >= 0.3 is 0 Å². The van der Waals surface area contributed by atoms with E-state index in [1.165, 1.54) is 10.4 Å². The first kappa shape index (κ1) is 11.9. The Bertz CT molecular complexity index is 481. The van der Waals surface area contributed by atoms with Crippen LogP contribution in [0.1, 0.15) is 17.4 Å². The van der Waals surface area contributed by atoms with Gasteiger partial charge in [0.05, 0.1) is 6.54 Å². The Labute approximate surface area is 105 Å². The number of nitrogens with one attached hydrogen (secondary N) is 2. The van der Waals surface area contributed by atoms with Gasteiger partial charge in [0.1, 0.15) is 18.0 Å². The van der Waals surface area contributed by atoms with Gasteiger partial charge in [0.2, 0.25) is 0 Å². The van der Waals surface area contributed by atoms with Crippen LogP contribution in [0.3, 0.4) is 0 Å². The third kappa shape index (κ3) is 2.94. The molecule has 4 nitrogen and oxygen atoms in total. The lowest BCUT2D eigenvalue weighted by Crippen LogP contribution is -2.03. The topological polar surface area (TPSA) is 49.8 Å². The average molecular weight is 248 g/mol. The first-order valence-electron chi connectivity index (χ1n) is 5.62. The Balaban J connectivity index is 2.02. The van der Waals surface area contributed by atoms with E-state index in [1.54, 1.807) is 17.7 Å². The zero-order chi connectivity index (χ0) is 12.1. The van der Waals surface area contributed by atoms with Crippen LogP contribution < -0.4 is 10.6 Å². The highest BCUT2D eigenvalue weighted by Crippen LogP contribution is 2.19. The van der Waals surface area contributed by atoms with E-state index in [2.05, 4.69) is 39.0 Å². The molecule has 0 bridgehead atoms. The highest BCUT2D eigenvalue weighted by molar-refractivity contribution is 7.10. The van der Waals surface area contributed by atoms with Crippen molar-refractivity contribution in [3.05, 3.63) is 34.3 Å². The first-order chi connectivity index (χ1) is 8.33. The zero-order valence-electron chi connectivity index (χ0n) is 10.0. The minimum atomic E-state index is 0.820. The number of aryl methyl sites for hydroxylation is 1. The minimum absolute atomic E-state index is 0.820. The molecule has 0 aliphatic heterocycles. The maximum absolute atomic E-state index is 4.18. The molecule has 0 aromatic carbocycles. The fourth-order valence-electron chi connectivity index (χ4n) is 1.60. The largest absolute Gasteiger partial charge is 0.373 e. The van der Waals surface area contributed by atoms with E-state index in [4.69, 9.17) is 0 Å². The predicted molar refractivity (Wildman–Crippen MR) is 72.6 cm³/mol. The Kier molecular flexibility index (Phi) is 3.93. The summed E-state index contributed by atoms with van der Waals surface area (Å²) in [5.41, 5.74) is 1.41. The van der Waals surface area contributed by atoms with Crippen LogP contribution in [0, 0.1) is 0 Å². The van der Waals surface area contributed by atoms with Crippen LogP contribution in [0.4, 0.5) is 11.6 Å². The van der Waals surface area contributed by atoms with E-state index in [0.717, 1.165) is 24.6 Å². The van der Waals surface area contributed by atoms with Gasteiger partial charge in [0, 0.05) is 18.0 Å². The molecule has 0 saturated heterocycles. The second-order valence-corrected chi connectivity index (χ2v) is 4.62. The summed E-state index contributed by atoms with van der Waals surface area (Å²) in [5.74, 6) is 1.67. The summed E-state index contributed by atoms with van der Waals surface area (Å²) in [6, 6.07) is 4.08. The molecule has 90 valence electrons. The summed E-state index contributed by atoms with van der Waals surface area (Å²) in [6.45, 7) is 3.00. The monoisotopic (exact) mass is 248 g/mol. The lowest BCUT2D eigenvalue weighted by molar-refractivity contribution is 1.05. The van der Waals surface area contributed by atoms with Crippen molar-refractivity contribution in [1.29, 1.82) is 0 Å². The third-order valence-electron chi connectivity index (χ3n) is 2.57. The molecule has 2 aromatic heterocycles. The third-order valence-corrected chi connectivity index (χ3v) is 3.54. The van der Waals surface area contributed by atoms with Gasteiger partial charge in [-0.15, -0.1) is 11.3 Å². The summed E-state index contributed by atoms with van der Waals surface area (Å²) in [7, 11) is 1.85. The number of rotatable bonds is 5. The molecule has 0 saturated carbocycles. The normalized spacial score (nSPS) is 10.2. The van der Waals surface area contributed by atoms with Crippen molar-refractivity contribution in [2.45, 2.75) is 19.9 Å². The molecule has 2 aromatic rings. The average Bonchev–Trinajstić information content (AvgIpc) is 2.84. The van der Waals surface area contributed by atoms with Crippen molar-refractivity contribution >= 4 is 23.0 Å². The summed E-state index contributed by atoms with van der Waals surface area (Å²) in [4.78, 5) is 9.63. The quantitative estimate of drug-likeness (QED) is 0.854. The van der Waals surface area contributed by atoms with Crippen molar-refractivity contribution in [3.63, 3.8) is 0 Å². The van der Waals surface area contributed by atoms with Crippen LogP contribution in [0.5, 0.6) is 0 Å². The standard InChI is InChI=1S/C12H16N4S/c1-3-9-4-5-17-10(9)7-14-12-6-11(13-2)15-8-16-12/h4-6,8H,3,7H2,1-2H3,(H2,13,14,15,16). The van der Waals surface area contributed by atoms with Crippen molar-refractivity contribution in [3.8, 4) is 0 Å². The molecule has 0 fully saturated rings. The van der Waals surface area contributed by atoms with Gasteiger partial charge in [-0.05, 0) is 23.4 Å². The highest BCUT2D eigenvalue weighted by Gasteiger charge is 2.03. The maximum Gasteiger partial charge on any atom is 0.131 e. The molecule has 0 aliphatic carbocycles. The lowest BCUT2D eigenvalue weighted by Gasteiger charge is -2.06. The number of hydrogen-bond donors (Lipinski definition) is 2. The second-order valence-electron chi connectivity index (χ2n) is 3.61. The van der Waals surface area contributed by atoms with E-state index in [9.17, 15) is 0 Å². The van der Waals surface area contributed by atoms with Crippen molar-refractivity contribution in [2.75, 3.05) is 17.7 Å². The minimum Gasteiger partial charge on any atom is -0.373 e. The number of nitrogens with zero attached hydrogens (tertiary/aromatic N) is 2. The van der Waals surface area contributed by atoms with Crippen LogP contribution in [0.15, 0.2) is 23.8 Å². The Morgan fingerprint density at radius 2 is 2.12 bits per heavy atom. The number of hydrogen-bond acceptors (Lipinski definition) is 5.